The van der Waals surface area contributed by atoms with Crippen LogP contribution in [0.2, 0.25) is 5.02 Å². The van der Waals surface area contributed by atoms with Gasteiger partial charge >= 0.3 is 0 Å². The van der Waals surface area contributed by atoms with Crippen LogP contribution in [0.4, 0.5) is 11.4 Å². The highest BCUT2D eigenvalue weighted by molar-refractivity contribution is 7.89. The van der Waals surface area contributed by atoms with Crippen LogP contribution in [0.5, 0.6) is 0 Å². The average Bonchev–Trinajstić information content (AvgIpc) is 2.79. The zero-order chi connectivity index (χ0) is 23.6. The Kier molecular flexibility index (Phi) is 6.54. The van der Waals surface area contributed by atoms with Gasteiger partial charge < -0.3 is 20.9 Å². The number of sulfonamides is 1. The lowest BCUT2D eigenvalue weighted by Gasteiger charge is -2.29. The van der Waals surface area contributed by atoms with E-state index in [2.05, 4.69) is 16.0 Å². The molecule has 4 rings (SSSR count). The third-order valence-corrected chi connectivity index (χ3v) is 7.50. The van der Waals surface area contributed by atoms with Gasteiger partial charge in [0.1, 0.15) is 0 Å². The number of carbonyl (C=O) groups excluding carboxylic acids is 3. The SMILES string of the molecule is O=C1CN(c2ccc(NC(=O)c3ccc(S(=O)(=O)N4CCNC(=O)C4)cc3)cc2Cl)CCN1. The molecule has 3 amide bonds. The third kappa shape index (κ3) is 5.10. The summed E-state index contributed by atoms with van der Waals surface area (Å²) in [6, 6.07) is 10.5. The largest absolute Gasteiger partial charge is 0.359 e. The van der Waals surface area contributed by atoms with Crippen molar-refractivity contribution < 1.29 is 22.8 Å². The smallest absolute Gasteiger partial charge is 0.255 e. The summed E-state index contributed by atoms with van der Waals surface area (Å²) in [5, 5.41) is 8.46. The Morgan fingerprint density at radius 2 is 1.61 bits per heavy atom. The Bertz CT molecular complexity index is 1200. The lowest BCUT2D eigenvalue weighted by molar-refractivity contribution is -0.122. The van der Waals surface area contributed by atoms with Crippen molar-refractivity contribution in [2.45, 2.75) is 4.90 Å². The van der Waals surface area contributed by atoms with Gasteiger partial charge in [-0.2, -0.15) is 4.31 Å². The molecule has 2 saturated heterocycles. The average molecular weight is 492 g/mol. The zero-order valence-electron chi connectivity index (χ0n) is 17.5. The Labute approximate surface area is 195 Å². The van der Waals surface area contributed by atoms with Gasteiger partial charge in [0.2, 0.25) is 21.8 Å². The van der Waals surface area contributed by atoms with Crippen LogP contribution in [0.3, 0.4) is 0 Å². The van der Waals surface area contributed by atoms with Gasteiger partial charge in [-0.3, -0.25) is 14.4 Å². The van der Waals surface area contributed by atoms with Gasteiger partial charge in [0.15, 0.2) is 0 Å². The van der Waals surface area contributed by atoms with Gasteiger partial charge in [0.25, 0.3) is 5.91 Å². The molecule has 2 aliphatic rings. The van der Waals surface area contributed by atoms with Gasteiger partial charge in [0.05, 0.1) is 28.7 Å². The number of benzene rings is 2. The van der Waals surface area contributed by atoms with E-state index >= 15 is 0 Å². The Balaban J connectivity index is 1.44. The summed E-state index contributed by atoms with van der Waals surface area (Å²) < 4.78 is 26.6. The number of anilines is 2. The molecule has 174 valence electrons. The van der Waals surface area contributed by atoms with Crippen LogP contribution in [-0.2, 0) is 19.6 Å². The predicted octanol–water partition coefficient (Wildman–Crippen LogP) is 0.649. The first-order chi connectivity index (χ1) is 15.7. The second-order valence-corrected chi connectivity index (χ2v) is 9.95. The Morgan fingerprint density at radius 3 is 2.24 bits per heavy atom. The number of halogens is 1. The Hall–Kier alpha value is -3.15. The maximum Gasteiger partial charge on any atom is 0.255 e. The predicted molar refractivity (Wildman–Crippen MR) is 123 cm³/mol. The molecule has 2 fully saturated rings. The summed E-state index contributed by atoms with van der Waals surface area (Å²) in [5.41, 5.74) is 1.43. The topological polar surface area (TPSA) is 128 Å². The molecule has 0 unspecified atom stereocenters. The summed E-state index contributed by atoms with van der Waals surface area (Å²) in [7, 11) is -3.83. The number of nitrogens with one attached hydrogen (secondary N) is 3. The number of carbonyl (C=O) groups is 3. The van der Waals surface area contributed by atoms with Crippen molar-refractivity contribution in [3.05, 3.63) is 53.1 Å². The minimum absolute atomic E-state index is 0.00622. The van der Waals surface area contributed by atoms with Crippen LogP contribution in [0.15, 0.2) is 47.4 Å². The fraction of sp³-hybridized carbons (Fsp3) is 0.286. The second kappa shape index (κ2) is 9.38. The summed E-state index contributed by atoms with van der Waals surface area (Å²) >= 11 is 6.37. The van der Waals surface area contributed by atoms with Gasteiger partial charge in [-0.25, -0.2) is 8.42 Å². The van der Waals surface area contributed by atoms with Crippen LogP contribution in [0, 0.1) is 0 Å². The molecule has 0 radical (unpaired) electrons. The summed E-state index contributed by atoms with van der Waals surface area (Å²) in [5.74, 6) is -0.866. The highest BCUT2D eigenvalue weighted by atomic mass is 35.5. The minimum Gasteiger partial charge on any atom is -0.359 e. The standard InChI is InChI=1S/C21H22ClN5O5S/c22-17-11-15(3-6-18(17)26-9-7-23-19(28)12-26)25-21(30)14-1-4-16(5-2-14)33(31,32)27-10-8-24-20(29)13-27/h1-6,11H,7-10,12-13H2,(H,23,28)(H,24,29)(H,25,30). The summed E-state index contributed by atoms with van der Waals surface area (Å²) in [6.45, 7) is 1.59. The van der Waals surface area contributed by atoms with Gasteiger partial charge in [-0.05, 0) is 42.5 Å². The first-order valence-electron chi connectivity index (χ1n) is 10.2. The van der Waals surface area contributed by atoms with Crippen molar-refractivity contribution in [2.24, 2.45) is 0 Å². The summed E-state index contributed by atoms with van der Waals surface area (Å²) in [4.78, 5) is 37.6. The van der Waals surface area contributed by atoms with Crippen molar-refractivity contribution in [3.8, 4) is 0 Å². The fourth-order valence-corrected chi connectivity index (χ4v) is 5.33. The molecule has 12 heteroatoms. The van der Waals surface area contributed by atoms with Crippen LogP contribution in [0.1, 0.15) is 10.4 Å². The van der Waals surface area contributed by atoms with Gasteiger partial charge in [0, 0.05) is 37.4 Å². The molecule has 2 aromatic carbocycles. The van der Waals surface area contributed by atoms with Crippen LogP contribution in [0.25, 0.3) is 0 Å². The van der Waals surface area contributed by atoms with Crippen molar-refractivity contribution >= 4 is 50.7 Å². The van der Waals surface area contributed by atoms with E-state index in [9.17, 15) is 22.8 Å². The van der Waals surface area contributed by atoms with Crippen molar-refractivity contribution in [3.63, 3.8) is 0 Å². The van der Waals surface area contributed by atoms with Crippen LogP contribution < -0.4 is 20.9 Å². The van der Waals surface area contributed by atoms with E-state index in [1.807, 2.05) is 4.90 Å². The van der Waals surface area contributed by atoms with Gasteiger partial charge in [-0.1, -0.05) is 11.6 Å². The highest BCUT2D eigenvalue weighted by Crippen LogP contribution is 2.29. The minimum atomic E-state index is -3.83. The Morgan fingerprint density at radius 1 is 0.939 bits per heavy atom. The monoisotopic (exact) mass is 491 g/mol. The molecule has 3 N–H and O–H groups in total. The van der Waals surface area contributed by atoms with Crippen molar-refractivity contribution in [1.29, 1.82) is 0 Å². The molecule has 2 aliphatic heterocycles. The van der Waals surface area contributed by atoms with E-state index in [1.54, 1.807) is 18.2 Å². The molecular formula is C21H22ClN5O5S. The van der Waals surface area contributed by atoms with E-state index < -0.39 is 15.9 Å². The number of hydrogen-bond acceptors (Lipinski definition) is 6. The quantitative estimate of drug-likeness (QED) is 0.563. The number of hydrogen-bond donors (Lipinski definition) is 3. The van der Waals surface area contributed by atoms with Crippen molar-refractivity contribution in [1.82, 2.24) is 14.9 Å². The third-order valence-electron chi connectivity index (χ3n) is 5.34. The number of piperazine rings is 2. The van der Waals surface area contributed by atoms with E-state index in [0.29, 0.717) is 29.5 Å². The number of rotatable bonds is 5. The molecule has 33 heavy (non-hydrogen) atoms. The number of amides is 3. The zero-order valence-corrected chi connectivity index (χ0v) is 19.1. The molecule has 0 spiro atoms. The van der Waals surface area contributed by atoms with Crippen molar-refractivity contribution in [2.75, 3.05) is 49.5 Å². The maximum absolute atomic E-state index is 12.7. The molecule has 0 saturated carbocycles. The molecule has 0 aliphatic carbocycles. The second-order valence-electron chi connectivity index (χ2n) is 7.60. The fourth-order valence-electron chi connectivity index (χ4n) is 3.64. The molecular weight excluding hydrogens is 470 g/mol. The van der Waals surface area contributed by atoms with Gasteiger partial charge in [-0.15, -0.1) is 0 Å². The molecule has 10 nitrogen and oxygen atoms in total. The normalized spacial score (nSPS) is 17.3. The lowest BCUT2D eigenvalue weighted by Crippen LogP contribution is -2.49. The molecule has 0 bridgehead atoms. The van der Waals surface area contributed by atoms with Crippen LogP contribution in [-0.4, -0.2) is 69.7 Å². The molecule has 2 heterocycles. The first kappa shape index (κ1) is 23.0. The molecule has 0 aromatic heterocycles. The number of nitrogens with zero attached hydrogens (tertiary/aromatic N) is 2. The molecule has 0 atom stereocenters. The van der Waals surface area contributed by atoms with E-state index in [-0.39, 0.29) is 48.5 Å². The highest BCUT2D eigenvalue weighted by Gasteiger charge is 2.29. The molecule has 2 aromatic rings. The van der Waals surface area contributed by atoms with E-state index in [1.165, 1.54) is 24.3 Å². The van der Waals surface area contributed by atoms with Crippen LogP contribution >= 0.6 is 11.6 Å². The van der Waals surface area contributed by atoms with E-state index in [4.69, 9.17) is 11.6 Å². The first-order valence-corrected chi connectivity index (χ1v) is 12.1. The summed E-state index contributed by atoms with van der Waals surface area (Å²) in [6.07, 6.45) is 0. The lowest BCUT2D eigenvalue weighted by atomic mass is 10.2. The van der Waals surface area contributed by atoms with E-state index in [0.717, 1.165) is 4.31 Å². The maximum atomic E-state index is 12.7.